The Kier molecular flexibility index (Phi) is 8.91. The van der Waals surface area contributed by atoms with Crippen molar-refractivity contribution < 1.29 is 19.1 Å². The summed E-state index contributed by atoms with van der Waals surface area (Å²) in [5.41, 5.74) is 1.51. The molecule has 166 valence electrons. The molecule has 0 bridgehead atoms. The van der Waals surface area contributed by atoms with Gasteiger partial charge in [0, 0.05) is 18.7 Å². The van der Waals surface area contributed by atoms with Gasteiger partial charge in [-0.3, -0.25) is 9.59 Å². The number of amides is 2. The molecule has 1 N–H and O–H groups in total. The number of carbonyl (C=O) groups excluding carboxylic acids is 2. The van der Waals surface area contributed by atoms with E-state index in [2.05, 4.69) is 12.2 Å². The predicted molar refractivity (Wildman–Crippen MR) is 122 cm³/mol. The van der Waals surface area contributed by atoms with Crippen LogP contribution in [0.1, 0.15) is 59.7 Å². The number of hydrogen-bond acceptors (Lipinski definition) is 4. The van der Waals surface area contributed by atoms with E-state index in [0.29, 0.717) is 49.7 Å². The van der Waals surface area contributed by atoms with Crippen LogP contribution in [0.3, 0.4) is 0 Å². The van der Waals surface area contributed by atoms with Gasteiger partial charge in [0.2, 0.25) is 0 Å². The van der Waals surface area contributed by atoms with Crippen LogP contribution in [0.25, 0.3) is 0 Å². The van der Waals surface area contributed by atoms with Crippen LogP contribution in [-0.2, 0) is 4.74 Å². The molecular weight excluding hydrogens is 392 g/mol. The van der Waals surface area contributed by atoms with Crippen molar-refractivity contribution in [2.45, 2.75) is 39.0 Å². The first-order valence-electron chi connectivity index (χ1n) is 11.2. The van der Waals surface area contributed by atoms with Crippen molar-refractivity contribution in [1.29, 1.82) is 0 Å². The maximum atomic E-state index is 12.9. The number of unbranched alkanes of at least 4 members (excludes halogenated alkanes) is 4. The van der Waals surface area contributed by atoms with Gasteiger partial charge in [0.1, 0.15) is 5.75 Å². The average molecular weight is 425 g/mol. The highest BCUT2D eigenvalue weighted by molar-refractivity contribution is 6.09. The first kappa shape index (κ1) is 22.8. The standard InChI is InChI=1S/C25H32N2O4/c1-2-3-4-5-8-17-31-21-13-11-20(12-14-21)24(28)26-23-10-7-6-9-22(23)25(29)27-15-18-30-19-16-27/h6-7,9-14H,2-5,8,15-19H2,1H3,(H,26,28). The van der Waals surface area contributed by atoms with E-state index in [1.165, 1.54) is 25.7 Å². The summed E-state index contributed by atoms with van der Waals surface area (Å²) >= 11 is 0. The molecule has 1 fully saturated rings. The van der Waals surface area contributed by atoms with Crippen molar-refractivity contribution in [2.75, 3.05) is 38.2 Å². The van der Waals surface area contributed by atoms with Crippen molar-refractivity contribution >= 4 is 17.5 Å². The van der Waals surface area contributed by atoms with Gasteiger partial charge in [-0.25, -0.2) is 0 Å². The maximum Gasteiger partial charge on any atom is 0.256 e. The van der Waals surface area contributed by atoms with Crippen LogP contribution in [0.15, 0.2) is 48.5 Å². The molecule has 1 aliphatic rings. The number of rotatable bonds is 10. The molecule has 0 spiro atoms. The molecule has 3 rings (SSSR count). The van der Waals surface area contributed by atoms with Gasteiger partial charge in [0.15, 0.2) is 0 Å². The third-order valence-electron chi connectivity index (χ3n) is 5.34. The number of morpholine rings is 1. The lowest BCUT2D eigenvalue weighted by molar-refractivity contribution is 0.0303. The van der Waals surface area contributed by atoms with Crippen LogP contribution in [0.4, 0.5) is 5.69 Å². The topological polar surface area (TPSA) is 67.9 Å². The van der Waals surface area contributed by atoms with Crippen molar-refractivity contribution in [1.82, 2.24) is 4.90 Å². The van der Waals surface area contributed by atoms with Gasteiger partial charge in [0.25, 0.3) is 11.8 Å². The monoisotopic (exact) mass is 424 g/mol. The summed E-state index contributed by atoms with van der Waals surface area (Å²) in [5, 5.41) is 2.88. The molecule has 0 atom stereocenters. The summed E-state index contributed by atoms with van der Waals surface area (Å²) in [5.74, 6) is 0.408. The Bertz CT molecular complexity index is 845. The molecular formula is C25H32N2O4. The fourth-order valence-electron chi connectivity index (χ4n) is 3.51. The zero-order valence-electron chi connectivity index (χ0n) is 18.3. The Morgan fingerprint density at radius 1 is 0.968 bits per heavy atom. The summed E-state index contributed by atoms with van der Waals surface area (Å²) < 4.78 is 11.1. The summed E-state index contributed by atoms with van der Waals surface area (Å²) in [6.07, 6.45) is 5.96. The second-order valence-electron chi connectivity index (χ2n) is 7.69. The van der Waals surface area contributed by atoms with E-state index < -0.39 is 0 Å². The molecule has 1 saturated heterocycles. The van der Waals surface area contributed by atoms with E-state index in [4.69, 9.17) is 9.47 Å². The average Bonchev–Trinajstić information content (AvgIpc) is 2.82. The highest BCUT2D eigenvalue weighted by Gasteiger charge is 2.21. The Balaban J connectivity index is 1.56. The van der Waals surface area contributed by atoms with Crippen molar-refractivity contribution in [2.24, 2.45) is 0 Å². The van der Waals surface area contributed by atoms with Crippen LogP contribution < -0.4 is 10.1 Å². The zero-order valence-corrected chi connectivity index (χ0v) is 18.3. The Morgan fingerprint density at radius 2 is 1.68 bits per heavy atom. The fourth-order valence-corrected chi connectivity index (χ4v) is 3.51. The van der Waals surface area contributed by atoms with E-state index >= 15 is 0 Å². The van der Waals surface area contributed by atoms with Crippen molar-refractivity contribution in [3.8, 4) is 5.75 Å². The molecule has 1 aliphatic heterocycles. The number of carbonyl (C=O) groups is 2. The van der Waals surface area contributed by atoms with E-state index in [1.54, 1.807) is 35.2 Å². The number of nitrogens with one attached hydrogen (secondary N) is 1. The molecule has 6 heteroatoms. The van der Waals surface area contributed by atoms with Gasteiger partial charge in [-0.15, -0.1) is 0 Å². The van der Waals surface area contributed by atoms with E-state index in [-0.39, 0.29) is 11.8 Å². The molecule has 2 amide bonds. The number of nitrogens with zero attached hydrogens (tertiary/aromatic N) is 1. The molecule has 1 heterocycles. The van der Waals surface area contributed by atoms with Gasteiger partial charge in [-0.2, -0.15) is 0 Å². The molecule has 2 aromatic carbocycles. The van der Waals surface area contributed by atoms with Crippen molar-refractivity contribution in [3.63, 3.8) is 0 Å². The number of para-hydroxylation sites is 1. The number of benzene rings is 2. The minimum Gasteiger partial charge on any atom is -0.494 e. The maximum absolute atomic E-state index is 12.9. The zero-order chi connectivity index (χ0) is 21.9. The largest absolute Gasteiger partial charge is 0.494 e. The molecule has 2 aromatic rings. The van der Waals surface area contributed by atoms with Gasteiger partial charge < -0.3 is 19.7 Å². The lowest BCUT2D eigenvalue weighted by Gasteiger charge is -2.27. The molecule has 0 saturated carbocycles. The molecule has 0 unspecified atom stereocenters. The van der Waals surface area contributed by atoms with Crippen LogP contribution in [0, 0.1) is 0 Å². The number of ether oxygens (including phenoxy) is 2. The van der Waals surface area contributed by atoms with Crippen LogP contribution in [-0.4, -0.2) is 49.6 Å². The first-order chi connectivity index (χ1) is 15.2. The SMILES string of the molecule is CCCCCCCOc1ccc(C(=O)Nc2ccccc2C(=O)N2CCOCC2)cc1. The van der Waals surface area contributed by atoms with Gasteiger partial charge in [0.05, 0.1) is 31.1 Å². The predicted octanol–water partition coefficient (Wildman–Crippen LogP) is 4.76. The Hall–Kier alpha value is -2.86. The second-order valence-corrected chi connectivity index (χ2v) is 7.69. The fraction of sp³-hybridized carbons (Fsp3) is 0.440. The van der Waals surface area contributed by atoms with E-state index in [1.807, 2.05) is 18.2 Å². The highest BCUT2D eigenvalue weighted by Crippen LogP contribution is 2.20. The molecule has 0 radical (unpaired) electrons. The summed E-state index contributed by atoms with van der Waals surface area (Å²) in [7, 11) is 0. The highest BCUT2D eigenvalue weighted by atomic mass is 16.5. The minimum absolute atomic E-state index is 0.0955. The molecule has 6 nitrogen and oxygen atoms in total. The van der Waals surface area contributed by atoms with E-state index in [0.717, 1.165) is 12.2 Å². The summed E-state index contributed by atoms with van der Waals surface area (Å²) in [6, 6.07) is 14.2. The van der Waals surface area contributed by atoms with E-state index in [9.17, 15) is 9.59 Å². The number of anilines is 1. The molecule has 31 heavy (non-hydrogen) atoms. The third kappa shape index (κ3) is 6.82. The molecule has 0 aliphatic carbocycles. The normalized spacial score (nSPS) is 13.6. The Morgan fingerprint density at radius 3 is 2.42 bits per heavy atom. The first-order valence-corrected chi connectivity index (χ1v) is 11.2. The smallest absolute Gasteiger partial charge is 0.256 e. The number of hydrogen-bond donors (Lipinski definition) is 1. The van der Waals surface area contributed by atoms with Gasteiger partial charge >= 0.3 is 0 Å². The van der Waals surface area contributed by atoms with Gasteiger partial charge in [-0.05, 0) is 42.8 Å². The van der Waals surface area contributed by atoms with Crippen LogP contribution >= 0.6 is 0 Å². The van der Waals surface area contributed by atoms with Gasteiger partial charge in [-0.1, -0.05) is 44.7 Å². The minimum atomic E-state index is -0.256. The quantitative estimate of drug-likeness (QED) is 0.559. The summed E-state index contributed by atoms with van der Waals surface area (Å²) in [4.78, 5) is 27.4. The molecule has 0 aromatic heterocycles. The van der Waals surface area contributed by atoms with Crippen LogP contribution in [0.5, 0.6) is 5.75 Å². The lowest BCUT2D eigenvalue weighted by atomic mass is 10.1. The lowest BCUT2D eigenvalue weighted by Crippen LogP contribution is -2.41. The van der Waals surface area contributed by atoms with Crippen LogP contribution in [0.2, 0.25) is 0 Å². The van der Waals surface area contributed by atoms with Crippen molar-refractivity contribution in [3.05, 3.63) is 59.7 Å². The second kappa shape index (κ2) is 12.1. The summed E-state index contributed by atoms with van der Waals surface area (Å²) in [6.45, 7) is 5.07. The Labute approximate surface area is 184 Å². The third-order valence-corrected chi connectivity index (χ3v) is 5.34.